The quantitative estimate of drug-likeness (QED) is 0.371. The molecule has 35 heavy (non-hydrogen) atoms. The van der Waals surface area contributed by atoms with Crippen LogP contribution >= 0.6 is 0 Å². The molecule has 8 nitrogen and oxygen atoms in total. The number of anilines is 1. The Hall–Kier alpha value is -4.34. The molecular weight excluding hydrogens is 452 g/mol. The first-order valence-corrected chi connectivity index (χ1v) is 11.2. The number of hydrogen-bond donors (Lipinski definition) is 0. The van der Waals surface area contributed by atoms with E-state index < -0.39 is 11.6 Å². The van der Waals surface area contributed by atoms with Crippen molar-refractivity contribution in [3.8, 4) is 22.6 Å². The molecule has 1 saturated heterocycles. The van der Waals surface area contributed by atoms with Gasteiger partial charge in [-0.3, -0.25) is 4.98 Å². The molecule has 6 rings (SSSR count). The number of hydrogen-bond acceptors (Lipinski definition) is 6. The normalized spacial score (nSPS) is 15.7. The lowest BCUT2D eigenvalue weighted by molar-refractivity contribution is 0.414. The summed E-state index contributed by atoms with van der Waals surface area (Å²) in [6.45, 7) is 0.695. The molecule has 176 valence electrons. The average Bonchev–Trinajstić information content (AvgIpc) is 3.64. The van der Waals surface area contributed by atoms with Crippen LogP contribution in [0.4, 0.5) is 14.6 Å². The highest BCUT2D eigenvalue weighted by Gasteiger charge is 2.30. The van der Waals surface area contributed by atoms with Gasteiger partial charge in [-0.05, 0) is 43.2 Å². The van der Waals surface area contributed by atoms with E-state index in [0.29, 0.717) is 35.0 Å². The molecule has 10 heteroatoms. The summed E-state index contributed by atoms with van der Waals surface area (Å²) in [5, 5.41) is 8.93. The van der Waals surface area contributed by atoms with E-state index in [2.05, 4.69) is 15.2 Å². The van der Waals surface area contributed by atoms with E-state index in [1.165, 1.54) is 12.1 Å². The molecule has 1 aliphatic rings. The molecule has 1 atom stereocenters. The van der Waals surface area contributed by atoms with Crippen molar-refractivity contribution in [2.75, 3.05) is 18.6 Å². The van der Waals surface area contributed by atoms with Crippen molar-refractivity contribution in [1.29, 1.82) is 0 Å². The van der Waals surface area contributed by atoms with Crippen molar-refractivity contribution in [2.24, 2.45) is 0 Å². The van der Waals surface area contributed by atoms with Crippen LogP contribution in [0.2, 0.25) is 0 Å². The summed E-state index contributed by atoms with van der Waals surface area (Å²) in [6.07, 6.45) is 12.1. The molecule has 0 N–H and O–H groups in total. The van der Waals surface area contributed by atoms with E-state index in [9.17, 15) is 8.78 Å². The maximum absolute atomic E-state index is 14.5. The zero-order chi connectivity index (χ0) is 23.9. The molecule has 0 aliphatic carbocycles. The molecule has 1 aliphatic heterocycles. The van der Waals surface area contributed by atoms with Gasteiger partial charge < -0.3 is 9.64 Å². The maximum Gasteiger partial charge on any atom is 0.183 e. The van der Waals surface area contributed by atoms with Crippen LogP contribution in [-0.4, -0.2) is 43.0 Å². The Morgan fingerprint density at radius 2 is 1.97 bits per heavy atom. The zero-order valence-electron chi connectivity index (χ0n) is 18.8. The number of benzene rings is 1. The first-order chi connectivity index (χ1) is 17.1. The van der Waals surface area contributed by atoms with E-state index in [-0.39, 0.29) is 6.04 Å². The highest BCUT2D eigenvalue weighted by molar-refractivity contribution is 5.70. The number of rotatable bonds is 5. The van der Waals surface area contributed by atoms with E-state index >= 15 is 0 Å². The summed E-state index contributed by atoms with van der Waals surface area (Å²) >= 11 is 0. The summed E-state index contributed by atoms with van der Waals surface area (Å²) in [5.74, 6) is 0.464. The van der Waals surface area contributed by atoms with Gasteiger partial charge in [0.05, 0.1) is 31.7 Å². The van der Waals surface area contributed by atoms with Crippen molar-refractivity contribution >= 4 is 11.5 Å². The molecule has 4 aromatic heterocycles. The van der Waals surface area contributed by atoms with Crippen LogP contribution in [0.3, 0.4) is 0 Å². The van der Waals surface area contributed by atoms with Gasteiger partial charge in [-0.1, -0.05) is 0 Å². The average molecular weight is 473 g/mol. The number of nitrogens with zero attached hydrogens (tertiary/aromatic N) is 7. The lowest BCUT2D eigenvalue weighted by atomic mass is 10.0. The van der Waals surface area contributed by atoms with Crippen molar-refractivity contribution < 1.29 is 13.5 Å². The Morgan fingerprint density at radius 1 is 1.06 bits per heavy atom. The molecule has 1 aromatic carbocycles. The van der Waals surface area contributed by atoms with Gasteiger partial charge in [0, 0.05) is 41.8 Å². The van der Waals surface area contributed by atoms with Gasteiger partial charge in [0.1, 0.15) is 28.9 Å². The second-order valence-corrected chi connectivity index (χ2v) is 8.35. The Morgan fingerprint density at radius 3 is 2.86 bits per heavy atom. The molecule has 1 fully saturated rings. The van der Waals surface area contributed by atoms with Crippen LogP contribution in [0.5, 0.6) is 5.75 Å². The van der Waals surface area contributed by atoms with Gasteiger partial charge in [0.2, 0.25) is 0 Å². The number of aromatic nitrogens is 6. The molecule has 0 amide bonds. The third-order valence-corrected chi connectivity index (χ3v) is 6.34. The van der Waals surface area contributed by atoms with Gasteiger partial charge in [-0.15, -0.1) is 0 Å². The minimum atomic E-state index is -0.449. The predicted molar refractivity (Wildman–Crippen MR) is 126 cm³/mol. The maximum atomic E-state index is 14.5. The van der Waals surface area contributed by atoms with Gasteiger partial charge in [0.15, 0.2) is 5.65 Å². The SMILES string of the molecule is COc1cnccc1-c1cnn(-c2cnn3ccc(N4CCCC4c4cc(F)ccc4F)nc23)c1. The third-order valence-electron chi connectivity index (χ3n) is 6.34. The molecule has 0 spiro atoms. The smallest absolute Gasteiger partial charge is 0.183 e. The summed E-state index contributed by atoms with van der Waals surface area (Å²) in [4.78, 5) is 11.0. The van der Waals surface area contributed by atoms with E-state index in [4.69, 9.17) is 9.72 Å². The summed E-state index contributed by atoms with van der Waals surface area (Å²) in [6, 6.07) is 7.02. The van der Waals surface area contributed by atoms with Crippen LogP contribution in [-0.2, 0) is 0 Å². The fourth-order valence-corrected chi connectivity index (χ4v) is 4.68. The Kier molecular flexibility index (Phi) is 5.13. The molecule has 0 radical (unpaired) electrons. The molecule has 0 bridgehead atoms. The van der Waals surface area contributed by atoms with Crippen molar-refractivity contribution in [3.05, 3.63) is 84.7 Å². The summed E-state index contributed by atoms with van der Waals surface area (Å²) in [7, 11) is 1.60. The lowest BCUT2D eigenvalue weighted by Crippen LogP contribution is -2.24. The van der Waals surface area contributed by atoms with Crippen LogP contribution in [0.25, 0.3) is 22.5 Å². The summed E-state index contributed by atoms with van der Waals surface area (Å²) < 4.78 is 37.2. The van der Waals surface area contributed by atoms with Gasteiger partial charge in [-0.25, -0.2) is 23.0 Å². The number of fused-ring (bicyclic) bond motifs is 1. The minimum absolute atomic E-state index is 0.289. The number of pyridine rings is 1. The monoisotopic (exact) mass is 473 g/mol. The predicted octanol–water partition coefficient (Wildman–Crippen LogP) is 4.61. The van der Waals surface area contributed by atoms with Crippen LogP contribution in [0.1, 0.15) is 24.4 Å². The number of halogens is 2. The van der Waals surface area contributed by atoms with Gasteiger partial charge >= 0.3 is 0 Å². The Bertz CT molecular complexity index is 1530. The first-order valence-electron chi connectivity index (χ1n) is 11.2. The number of methoxy groups -OCH3 is 1. The van der Waals surface area contributed by atoms with Crippen molar-refractivity contribution in [1.82, 2.24) is 29.4 Å². The van der Waals surface area contributed by atoms with E-state index in [0.717, 1.165) is 30.0 Å². The zero-order valence-corrected chi connectivity index (χ0v) is 18.8. The highest BCUT2D eigenvalue weighted by atomic mass is 19.1. The minimum Gasteiger partial charge on any atom is -0.494 e. The van der Waals surface area contributed by atoms with Gasteiger partial charge in [-0.2, -0.15) is 10.2 Å². The lowest BCUT2D eigenvalue weighted by Gasteiger charge is -2.26. The first kappa shape index (κ1) is 21.2. The Balaban J connectivity index is 1.38. The van der Waals surface area contributed by atoms with Crippen LogP contribution in [0, 0.1) is 11.6 Å². The standard InChI is InChI=1S/C25H21F2N7O/c1-35-23-14-28-8-6-18(23)16-12-29-34(15-16)22-13-30-33-10-7-24(31-25(22)33)32-9-2-3-21(32)19-11-17(26)4-5-20(19)27/h4-8,10-15,21H,2-3,9H2,1H3. The van der Waals surface area contributed by atoms with Crippen LogP contribution < -0.4 is 9.64 Å². The molecule has 5 aromatic rings. The fourth-order valence-electron chi connectivity index (χ4n) is 4.68. The van der Waals surface area contributed by atoms with Crippen molar-refractivity contribution in [2.45, 2.75) is 18.9 Å². The summed E-state index contributed by atoms with van der Waals surface area (Å²) in [5.41, 5.74) is 3.38. The fraction of sp³-hybridized carbons (Fsp3) is 0.200. The second-order valence-electron chi connectivity index (χ2n) is 8.35. The molecule has 0 saturated carbocycles. The molecule has 5 heterocycles. The largest absolute Gasteiger partial charge is 0.494 e. The second kappa shape index (κ2) is 8.46. The number of ether oxygens (including phenoxy) is 1. The highest BCUT2D eigenvalue weighted by Crippen LogP contribution is 2.37. The topological polar surface area (TPSA) is 73.4 Å². The molecular formula is C25H21F2N7O. The molecule has 1 unspecified atom stereocenters. The van der Waals surface area contributed by atoms with E-state index in [1.54, 1.807) is 41.1 Å². The van der Waals surface area contributed by atoms with E-state index in [1.807, 2.05) is 29.4 Å². The van der Waals surface area contributed by atoms with Gasteiger partial charge in [0.25, 0.3) is 0 Å². The van der Waals surface area contributed by atoms with Crippen LogP contribution in [0.15, 0.2) is 67.5 Å². The third kappa shape index (κ3) is 3.67. The van der Waals surface area contributed by atoms with Crippen molar-refractivity contribution in [3.63, 3.8) is 0 Å². The Labute approximate surface area is 199 Å².